The fraction of sp³-hybridized carbons (Fsp3) is 0.389. The lowest BCUT2D eigenvalue weighted by Crippen LogP contribution is -2.44. The Labute approximate surface area is 169 Å². The van der Waals surface area contributed by atoms with E-state index in [1.807, 2.05) is 0 Å². The highest BCUT2D eigenvalue weighted by Crippen LogP contribution is 2.36. The van der Waals surface area contributed by atoms with Gasteiger partial charge in [-0.1, -0.05) is 12.7 Å². The highest BCUT2D eigenvalue weighted by molar-refractivity contribution is 5.84. The number of nitrogens with zero attached hydrogens (tertiary/aromatic N) is 4. The average Bonchev–Trinajstić information content (AvgIpc) is 2.66. The Morgan fingerprint density at radius 1 is 1.37 bits per heavy atom. The molecule has 12 heteroatoms. The van der Waals surface area contributed by atoms with Crippen LogP contribution in [-0.4, -0.2) is 60.1 Å². The van der Waals surface area contributed by atoms with Gasteiger partial charge in [-0.2, -0.15) is 26.9 Å². The van der Waals surface area contributed by atoms with Gasteiger partial charge in [0.1, 0.15) is 6.67 Å². The molecule has 0 radical (unpaired) electrons. The van der Waals surface area contributed by atoms with E-state index in [-0.39, 0.29) is 28.3 Å². The van der Waals surface area contributed by atoms with Crippen LogP contribution < -0.4 is 10.4 Å². The van der Waals surface area contributed by atoms with E-state index in [1.165, 1.54) is 17.7 Å². The molecule has 0 spiro atoms. The summed E-state index contributed by atoms with van der Waals surface area (Å²) in [5.74, 6) is -4.78. The molecule has 0 unspecified atom stereocenters. The topological polar surface area (TPSA) is 66.5 Å². The Morgan fingerprint density at radius 3 is 2.47 bits per heavy atom. The molecular weight excluding hydrogens is 416 g/mol. The number of rotatable bonds is 9. The molecule has 0 atom stereocenters. The van der Waals surface area contributed by atoms with Crippen molar-refractivity contribution in [2.45, 2.75) is 12.1 Å². The van der Waals surface area contributed by atoms with Crippen molar-refractivity contribution in [3.05, 3.63) is 53.6 Å². The lowest BCUT2D eigenvalue weighted by atomic mass is 10.1. The monoisotopic (exact) mass is 437 g/mol. The lowest BCUT2D eigenvalue weighted by molar-refractivity contribution is -0.284. The molecule has 0 fully saturated rings. The summed E-state index contributed by atoms with van der Waals surface area (Å²) in [6.45, 7) is 0.607. The van der Waals surface area contributed by atoms with Gasteiger partial charge in [0.2, 0.25) is 11.5 Å². The van der Waals surface area contributed by atoms with Crippen LogP contribution in [0, 0.1) is 5.41 Å². The molecule has 0 saturated carbocycles. The number of hydrogen-bond donors (Lipinski definition) is 1. The van der Waals surface area contributed by atoms with Gasteiger partial charge in [-0.15, -0.1) is 0 Å². The van der Waals surface area contributed by atoms with E-state index in [4.69, 9.17) is 10.1 Å². The van der Waals surface area contributed by atoms with Crippen LogP contribution >= 0.6 is 0 Å². The summed E-state index contributed by atoms with van der Waals surface area (Å²) >= 11 is 0. The molecule has 0 aliphatic rings. The molecule has 30 heavy (non-hydrogen) atoms. The van der Waals surface area contributed by atoms with Crippen molar-refractivity contribution in [1.29, 1.82) is 5.41 Å². The van der Waals surface area contributed by atoms with Crippen molar-refractivity contribution in [1.82, 2.24) is 14.5 Å². The minimum absolute atomic E-state index is 0.0155. The zero-order valence-corrected chi connectivity index (χ0v) is 16.5. The zero-order chi connectivity index (χ0) is 23.1. The summed E-state index contributed by atoms with van der Waals surface area (Å²) in [6, 6.07) is 1.53. The predicted molar refractivity (Wildman–Crippen MR) is 99.0 cm³/mol. The third kappa shape index (κ3) is 6.22. The fourth-order valence-electron chi connectivity index (χ4n) is 2.21. The predicted octanol–water partition coefficient (Wildman–Crippen LogP) is 3.40. The zero-order valence-electron chi connectivity index (χ0n) is 16.5. The van der Waals surface area contributed by atoms with Gasteiger partial charge in [0.25, 0.3) is 0 Å². The van der Waals surface area contributed by atoms with Gasteiger partial charge in [0.15, 0.2) is 0 Å². The molecule has 0 saturated heterocycles. The van der Waals surface area contributed by atoms with Gasteiger partial charge in [-0.05, 0) is 0 Å². The second-order valence-electron chi connectivity index (χ2n) is 6.04. The van der Waals surface area contributed by atoms with Crippen molar-refractivity contribution < 1.29 is 31.1 Å². The van der Waals surface area contributed by atoms with Crippen molar-refractivity contribution in [2.75, 3.05) is 27.4 Å². The second-order valence-corrected chi connectivity index (χ2v) is 6.04. The molecule has 6 nitrogen and oxygen atoms in total. The first-order valence-electron chi connectivity index (χ1n) is 8.31. The molecule has 1 N–H and O–H groups in total. The van der Waals surface area contributed by atoms with E-state index in [2.05, 4.69) is 16.6 Å². The number of nitrogens with one attached hydrogen (secondary N) is 1. The standard InChI is InChI=1S/C18H21F6N5O/c1-5-12(10-28(2)11-17(20,21)18(22,23)24)13(9-25)14(8-19)26-16-27-15(30-4)6-7-29(16)3/h5-7,9-10,25H,1,8,11H2,2-4H3/b12-10+,14-13+,25-9?,26-16-. The van der Waals surface area contributed by atoms with Crippen molar-refractivity contribution >= 4 is 6.21 Å². The minimum atomic E-state index is -5.73. The van der Waals surface area contributed by atoms with Crippen LogP contribution in [0.1, 0.15) is 0 Å². The van der Waals surface area contributed by atoms with Crippen LogP contribution in [0.3, 0.4) is 0 Å². The van der Waals surface area contributed by atoms with Crippen LogP contribution in [0.5, 0.6) is 5.88 Å². The van der Waals surface area contributed by atoms with Crippen molar-refractivity contribution in [2.24, 2.45) is 12.0 Å². The largest absolute Gasteiger partial charge is 0.481 e. The minimum Gasteiger partial charge on any atom is -0.481 e. The molecule has 0 aromatic carbocycles. The van der Waals surface area contributed by atoms with Crippen LogP contribution in [0.4, 0.5) is 26.3 Å². The average molecular weight is 437 g/mol. The number of allylic oxidation sites excluding steroid dienone is 4. The maximum atomic E-state index is 13.7. The molecular formula is C18H21F6N5O. The van der Waals surface area contributed by atoms with E-state index in [0.717, 1.165) is 19.3 Å². The van der Waals surface area contributed by atoms with Crippen LogP contribution in [-0.2, 0) is 7.05 Å². The molecule has 1 rings (SSSR count). The van der Waals surface area contributed by atoms with Gasteiger partial charge >= 0.3 is 12.1 Å². The summed E-state index contributed by atoms with van der Waals surface area (Å²) in [4.78, 5) is 8.65. The number of halogens is 6. The first-order chi connectivity index (χ1) is 13.9. The van der Waals surface area contributed by atoms with Gasteiger partial charge in [-0.3, -0.25) is 0 Å². The van der Waals surface area contributed by atoms with Gasteiger partial charge in [0, 0.05) is 49.9 Å². The van der Waals surface area contributed by atoms with Crippen molar-refractivity contribution in [3.63, 3.8) is 0 Å². The number of aryl methyl sites for hydroxylation is 1. The summed E-state index contributed by atoms with van der Waals surface area (Å²) in [5.41, 5.74) is -0.531. The number of aromatic nitrogens is 2. The van der Waals surface area contributed by atoms with Crippen LogP contribution in [0.2, 0.25) is 0 Å². The lowest BCUT2D eigenvalue weighted by Gasteiger charge is -2.25. The summed E-state index contributed by atoms with van der Waals surface area (Å²) < 4.78 is 83.9. The van der Waals surface area contributed by atoms with Gasteiger partial charge < -0.3 is 19.6 Å². The Bertz CT molecular complexity index is 901. The Balaban J connectivity index is 3.47. The third-order valence-electron chi connectivity index (χ3n) is 3.75. The second kappa shape index (κ2) is 10.1. The SMILES string of the molecule is C=CC(=C\N(C)CC(F)(F)C(F)(F)F)/C(C=N)=C(CF)/N=c1/nc(OC)ccn1C. The van der Waals surface area contributed by atoms with E-state index in [0.29, 0.717) is 11.1 Å². The Morgan fingerprint density at radius 2 is 2.00 bits per heavy atom. The number of ether oxygens (including phenoxy) is 1. The summed E-state index contributed by atoms with van der Waals surface area (Å²) in [5, 5.41) is 7.55. The Hall–Kier alpha value is -3.05. The third-order valence-corrected chi connectivity index (χ3v) is 3.75. The van der Waals surface area contributed by atoms with Gasteiger partial charge in [0.05, 0.1) is 19.4 Å². The summed E-state index contributed by atoms with van der Waals surface area (Å²) in [7, 11) is 3.93. The maximum absolute atomic E-state index is 13.7. The molecule has 1 aromatic rings. The van der Waals surface area contributed by atoms with E-state index < -0.39 is 25.3 Å². The number of alkyl halides is 6. The molecule has 0 amide bonds. The van der Waals surface area contributed by atoms with Crippen LogP contribution in [0.25, 0.3) is 0 Å². The number of hydrogen-bond acceptors (Lipinski definition) is 5. The quantitative estimate of drug-likeness (QED) is 0.366. The molecule has 166 valence electrons. The molecule has 0 aliphatic heterocycles. The van der Waals surface area contributed by atoms with Crippen LogP contribution in [0.15, 0.2) is 53.0 Å². The van der Waals surface area contributed by atoms with E-state index in [9.17, 15) is 26.3 Å². The fourth-order valence-corrected chi connectivity index (χ4v) is 2.21. The summed E-state index contributed by atoms with van der Waals surface area (Å²) in [6.07, 6.45) is -1.50. The first-order valence-corrected chi connectivity index (χ1v) is 8.31. The van der Waals surface area contributed by atoms with Crippen molar-refractivity contribution in [3.8, 4) is 5.88 Å². The normalized spacial score (nSPS) is 14.3. The molecule has 1 heterocycles. The van der Waals surface area contributed by atoms with E-state index >= 15 is 0 Å². The maximum Gasteiger partial charge on any atom is 0.455 e. The number of methoxy groups -OCH3 is 1. The Kier molecular flexibility index (Phi) is 8.43. The first kappa shape index (κ1) is 25.0. The smallest absolute Gasteiger partial charge is 0.455 e. The highest BCUT2D eigenvalue weighted by atomic mass is 19.4. The van der Waals surface area contributed by atoms with Gasteiger partial charge in [-0.25, -0.2) is 9.38 Å². The molecule has 1 aromatic heterocycles. The molecule has 0 aliphatic carbocycles. The molecule has 0 bridgehead atoms. The highest BCUT2D eigenvalue weighted by Gasteiger charge is 2.57. The van der Waals surface area contributed by atoms with E-state index in [1.54, 1.807) is 13.2 Å².